The number of hydrogen-bond donors (Lipinski definition) is 1. The normalized spacial score (nSPS) is 22.7. The molecule has 0 aromatic carbocycles. The molecule has 0 aliphatic carbocycles. The number of nitrogens with one attached hydrogen (secondary N) is 1. The third kappa shape index (κ3) is 3.22. The Morgan fingerprint density at radius 3 is 3.05 bits per heavy atom. The fourth-order valence-corrected chi connectivity index (χ4v) is 2.41. The van der Waals surface area contributed by atoms with E-state index in [9.17, 15) is 4.79 Å². The molecule has 0 bridgehead atoms. The van der Waals surface area contributed by atoms with E-state index in [0.29, 0.717) is 29.6 Å². The van der Waals surface area contributed by atoms with Crippen LogP contribution >= 0.6 is 11.6 Å². The fourth-order valence-electron chi connectivity index (χ4n) is 2.22. The lowest BCUT2D eigenvalue weighted by molar-refractivity contribution is -0.0387. The number of amides is 1. The van der Waals surface area contributed by atoms with Crippen molar-refractivity contribution in [2.24, 2.45) is 0 Å². The van der Waals surface area contributed by atoms with E-state index in [0.717, 1.165) is 6.54 Å². The van der Waals surface area contributed by atoms with Crippen LogP contribution in [0.15, 0.2) is 12.3 Å². The fraction of sp³-hybridized carbons (Fsp3) is 0.571. The molecule has 1 amide bonds. The number of halogens is 1. The van der Waals surface area contributed by atoms with Gasteiger partial charge in [0, 0.05) is 19.3 Å². The molecule has 20 heavy (non-hydrogen) atoms. The average Bonchev–Trinajstić information content (AvgIpc) is 2.43. The zero-order valence-corrected chi connectivity index (χ0v) is 12.8. The molecule has 2 atom stereocenters. The minimum absolute atomic E-state index is 0.0454. The van der Waals surface area contributed by atoms with Crippen LogP contribution in [0.5, 0.6) is 0 Å². The summed E-state index contributed by atoms with van der Waals surface area (Å²) in [4.78, 5) is 18.6. The molecule has 6 heteroatoms. The van der Waals surface area contributed by atoms with E-state index in [4.69, 9.17) is 16.3 Å². The molecule has 2 rings (SSSR count). The molecular formula is C14H20ClN3O2. The topological polar surface area (TPSA) is 54.5 Å². The third-order valence-corrected chi connectivity index (χ3v) is 3.61. The lowest BCUT2D eigenvalue weighted by Gasteiger charge is -2.37. The van der Waals surface area contributed by atoms with Crippen molar-refractivity contribution in [3.05, 3.63) is 22.8 Å². The van der Waals surface area contributed by atoms with Crippen molar-refractivity contribution >= 4 is 23.3 Å². The van der Waals surface area contributed by atoms with Gasteiger partial charge in [-0.1, -0.05) is 11.6 Å². The third-order valence-electron chi connectivity index (χ3n) is 3.31. The second-order valence-electron chi connectivity index (χ2n) is 5.03. The zero-order chi connectivity index (χ0) is 14.7. The maximum Gasteiger partial charge on any atom is 0.255 e. The van der Waals surface area contributed by atoms with E-state index in [-0.39, 0.29) is 18.1 Å². The van der Waals surface area contributed by atoms with Crippen molar-refractivity contribution in [3.8, 4) is 0 Å². The van der Waals surface area contributed by atoms with Crippen LogP contribution in [0.2, 0.25) is 5.02 Å². The van der Waals surface area contributed by atoms with Crippen molar-refractivity contribution < 1.29 is 9.53 Å². The molecule has 110 valence electrons. The van der Waals surface area contributed by atoms with Crippen LogP contribution in [-0.2, 0) is 4.74 Å². The summed E-state index contributed by atoms with van der Waals surface area (Å²) in [7, 11) is 0. The highest BCUT2D eigenvalue weighted by Gasteiger charge is 2.29. The number of morpholine rings is 1. The quantitative estimate of drug-likeness (QED) is 0.931. The molecule has 2 unspecified atom stereocenters. The first-order chi connectivity index (χ1) is 9.52. The minimum Gasteiger partial charge on any atom is -0.375 e. The molecule has 0 saturated carbocycles. The Balaban J connectivity index is 2.25. The van der Waals surface area contributed by atoms with Gasteiger partial charge >= 0.3 is 0 Å². The van der Waals surface area contributed by atoms with Gasteiger partial charge < -0.3 is 15.0 Å². The molecule has 1 aromatic rings. The van der Waals surface area contributed by atoms with E-state index in [1.165, 1.54) is 6.20 Å². The Bertz CT molecular complexity index is 495. The molecule has 1 fully saturated rings. The second-order valence-corrected chi connectivity index (χ2v) is 5.44. The number of hydrogen-bond acceptors (Lipinski definition) is 4. The summed E-state index contributed by atoms with van der Waals surface area (Å²) in [5.41, 5.74) is 0.485. The van der Waals surface area contributed by atoms with Crippen LogP contribution in [0.3, 0.4) is 0 Å². The molecule has 5 nitrogen and oxygen atoms in total. The average molecular weight is 298 g/mol. The Labute approximate surface area is 124 Å². The summed E-state index contributed by atoms with van der Waals surface area (Å²) >= 11 is 6.13. The Kier molecular flexibility index (Phi) is 4.83. The maximum atomic E-state index is 12.7. The number of pyridine rings is 1. The molecular weight excluding hydrogens is 278 g/mol. The number of carbonyl (C=O) groups is 1. The zero-order valence-electron chi connectivity index (χ0n) is 12.0. The molecule has 1 aliphatic rings. The number of anilines is 1. The van der Waals surface area contributed by atoms with Crippen molar-refractivity contribution in [1.29, 1.82) is 0 Å². The molecule has 0 radical (unpaired) electrons. The van der Waals surface area contributed by atoms with E-state index in [1.807, 2.05) is 25.7 Å². The van der Waals surface area contributed by atoms with Crippen molar-refractivity contribution in [1.82, 2.24) is 9.88 Å². The molecule has 1 aliphatic heterocycles. The SMILES string of the molecule is CCNc1cc(C(=O)N2CC(C)OCC2C)c(Cl)cn1. The predicted octanol–water partition coefficient (Wildman–Crippen LogP) is 2.42. The van der Waals surface area contributed by atoms with Gasteiger partial charge in [-0.15, -0.1) is 0 Å². The summed E-state index contributed by atoms with van der Waals surface area (Å²) < 4.78 is 5.55. The van der Waals surface area contributed by atoms with Crippen LogP contribution in [0, 0.1) is 0 Å². The molecule has 1 N–H and O–H groups in total. The maximum absolute atomic E-state index is 12.7. The first-order valence-electron chi connectivity index (χ1n) is 6.85. The Morgan fingerprint density at radius 2 is 2.35 bits per heavy atom. The summed E-state index contributed by atoms with van der Waals surface area (Å²) in [5, 5.41) is 3.47. The van der Waals surface area contributed by atoms with Crippen LogP contribution in [0.4, 0.5) is 5.82 Å². The van der Waals surface area contributed by atoms with Crippen LogP contribution in [0.1, 0.15) is 31.1 Å². The van der Waals surface area contributed by atoms with Gasteiger partial charge in [0.25, 0.3) is 5.91 Å². The molecule has 1 aromatic heterocycles. The predicted molar refractivity (Wildman–Crippen MR) is 79.3 cm³/mol. The summed E-state index contributed by atoms with van der Waals surface area (Å²) in [6, 6.07) is 1.76. The van der Waals surface area contributed by atoms with E-state index >= 15 is 0 Å². The smallest absolute Gasteiger partial charge is 0.255 e. The lowest BCUT2D eigenvalue weighted by atomic mass is 10.1. The number of ether oxygens (including phenoxy) is 1. The van der Waals surface area contributed by atoms with Gasteiger partial charge in [0.15, 0.2) is 0 Å². The van der Waals surface area contributed by atoms with Crippen LogP contribution in [0.25, 0.3) is 0 Å². The van der Waals surface area contributed by atoms with Gasteiger partial charge in [-0.25, -0.2) is 4.98 Å². The van der Waals surface area contributed by atoms with Gasteiger partial charge in [-0.05, 0) is 26.8 Å². The standard InChI is InChI=1S/C14H20ClN3O2/c1-4-16-13-5-11(12(15)6-17-13)14(19)18-7-10(3)20-8-9(18)2/h5-6,9-10H,4,7-8H2,1-3H3,(H,16,17). The lowest BCUT2D eigenvalue weighted by Crippen LogP contribution is -2.50. The van der Waals surface area contributed by atoms with Gasteiger partial charge in [0.05, 0.1) is 29.3 Å². The number of carbonyl (C=O) groups excluding carboxylic acids is 1. The monoisotopic (exact) mass is 297 g/mol. The van der Waals surface area contributed by atoms with Gasteiger partial charge in [-0.2, -0.15) is 0 Å². The highest BCUT2D eigenvalue weighted by molar-refractivity contribution is 6.33. The highest BCUT2D eigenvalue weighted by atomic mass is 35.5. The summed E-state index contributed by atoms with van der Waals surface area (Å²) in [5.74, 6) is 0.591. The first-order valence-corrected chi connectivity index (χ1v) is 7.22. The van der Waals surface area contributed by atoms with E-state index < -0.39 is 0 Å². The van der Waals surface area contributed by atoms with Gasteiger partial charge in [0.2, 0.25) is 0 Å². The van der Waals surface area contributed by atoms with Crippen molar-refractivity contribution in [3.63, 3.8) is 0 Å². The summed E-state index contributed by atoms with van der Waals surface area (Å²) in [6.07, 6.45) is 1.56. The van der Waals surface area contributed by atoms with E-state index in [2.05, 4.69) is 10.3 Å². The number of nitrogens with zero attached hydrogens (tertiary/aromatic N) is 2. The molecule has 1 saturated heterocycles. The molecule has 2 heterocycles. The van der Waals surface area contributed by atoms with E-state index in [1.54, 1.807) is 6.07 Å². The van der Waals surface area contributed by atoms with Crippen molar-refractivity contribution in [2.75, 3.05) is 25.0 Å². The molecule has 0 spiro atoms. The van der Waals surface area contributed by atoms with Crippen LogP contribution in [-0.4, -0.2) is 47.6 Å². The first kappa shape index (κ1) is 15.1. The Morgan fingerprint density at radius 1 is 1.60 bits per heavy atom. The largest absolute Gasteiger partial charge is 0.375 e. The van der Waals surface area contributed by atoms with Gasteiger partial charge in [0.1, 0.15) is 5.82 Å². The van der Waals surface area contributed by atoms with Crippen LogP contribution < -0.4 is 5.32 Å². The number of rotatable bonds is 3. The summed E-state index contributed by atoms with van der Waals surface area (Å²) in [6.45, 7) is 7.79. The Hall–Kier alpha value is -1.33. The number of aromatic nitrogens is 1. The minimum atomic E-state index is -0.0702. The van der Waals surface area contributed by atoms with Crippen molar-refractivity contribution in [2.45, 2.75) is 32.9 Å². The van der Waals surface area contributed by atoms with Gasteiger partial charge in [-0.3, -0.25) is 4.79 Å². The highest BCUT2D eigenvalue weighted by Crippen LogP contribution is 2.22. The second kappa shape index (κ2) is 6.41.